The van der Waals surface area contributed by atoms with E-state index in [1.54, 1.807) is 36.4 Å². The number of rotatable bonds is 3. The van der Waals surface area contributed by atoms with E-state index in [-0.39, 0.29) is 11.3 Å². The molecule has 0 radical (unpaired) electrons. The number of carboxylic acid groups (broad SMARTS) is 1. The van der Waals surface area contributed by atoms with Crippen molar-refractivity contribution in [1.29, 1.82) is 0 Å². The van der Waals surface area contributed by atoms with E-state index in [2.05, 4.69) is 4.98 Å². The Morgan fingerprint density at radius 2 is 1.77 bits per heavy atom. The molecule has 1 heterocycles. The molecule has 2 aromatic carbocycles. The number of nitro benzene ring substituents is 1. The standard InChI is InChI=1S/C16H10N2O4/c19-16(20)13-3-1-2-11-6-9-14(17-15(11)13)10-4-7-12(8-5-10)18(21)22/h1-9H,(H,19,20). The molecule has 0 unspecified atom stereocenters. The summed E-state index contributed by atoms with van der Waals surface area (Å²) in [5.74, 6) is -1.04. The lowest BCUT2D eigenvalue weighted by Crippen LogP contribution is -1.99. The maximum Gasteiger partial charge on any atom is 0.337 e. The summed E-state index contributed by atoms with van der Waals surface area (Å²) < 4.78 is 0. The van der Waals surface area contributed by atoms with Gasteiger partial charge in [0.2, 0.25) is 0 Å². The first-order valence-electron chi connectivity index (χ1n) is 6.44. The normalized spacial score (nSPS) is 10.5. The first kappa shape index (κ1) is 13.7. The summed E-state index contributed by atoms with van der Waals surface area (Å²) in [6.07, 6.45) is 0. The Kier molecular flexibility index (Phi) is 3.27. The fourth-order valence-corrected chi connectivity index (χ4v) is 2.23. The summed E-state index contributed by atoms with van der Waals surface area (Å²) in [4.78, 5) is 25.9. The van der Waals surface area contributed by atoms with Gasteiger partial charge >= 0.3 is 5.97 Å². The lowest BCUT2D eigenvalue weighted by Gasteiger charge is -2.05. The minimum absolute atomic E-state index is 0.00392. The average Bonchev–Trinajstić information content (AvgIpc) is 2.53. The number of hydrogen-bond acceptors (Lipinski definition) is 4. The van der Waals surface area contributed by atoms with Crippen LogP contribution in [0.15, 0.2) is 54.6 Å². The van der Waals surface area contributed by atoms with E-state index in [1.807, 2.05) is 0 Å². The fraction of sp³-hybridized carbons (Fsp3) is 0. The predicted molar refractivity (Wildman–Crippen MR) is 80.8 cm³/mol. The van der Waals surface area contributed by atoms with Crippen LogP contribution in [0.2, 0.25) is 0 Å². The Bertz CT molecular complexity index is 888. The molecule has 0 aliphatic carbocycles. The van der Waals surface area contributed by atoms with E-state index >= 15 is 0 Å². The third-order valence-electron chi connectivity index (χ3n) is 3.32. The topological polar surface area (TPSA) is 93.3 Å². The Labute approximate surface area is 124 Å². The van der Waals surface area contributed by atoms with Crippen LogP contribution in [-0.2, 0) is 0 Å². The molecule has 0 amide bonds. The van der Waals surface area contributed by atoms with E-state index < -0.39 is 10.9 Å². The molecule has 1 N–H and O–H groups in total. The molecule has 108 valence electrons. The van der Waals surface area contributed by atoms with Crippen molar-refractivity contribution in [2.24, 2.45) is 0 Å². The number of fused-ring (bicyclic) bond motifs is 1. The van der Waals surface area contributed by atoms with Crippen molar-refractivity contribution in [3.63, 3.8) is 0 Å². The minimum atomic E-state index is -1.04. The van der Waals surface area contributed by atoms with Crippen molar-refractivity contribution in [3.05, 3.63) is 70.3 Å². The van der Waals surface area contributed by atoms with Gasteiger partial charge in [0.1, 0.15) is 0 Å². The molecule has 0 spiro atoms. The highest BCUT2D eigenvalue weighted by Crippen LogP contribution is 2.24. The zero-order chi connectivity index (χ0) is 15.7. The van der Waals surface area contributed by atoms with Gasteiger partial charge < -0.3 is 5.11 Å². The lowest BCUT2D eigenvalue weighted by atomic mass is 10.1. The maximum absolute atomic E-state index is 11.3. The van der Waals surface area contributed by atoms with Crippen LogP contribution in [0.1, 0.15) is 10.4 Å². The van der Waals surface area contributed by atoms with Gasteiger partial charge in [-0.15, -0.1) is 0 Å². The van der Waals surface area contributed by atoms with E-state index in [0.717, 1.165) is 5.39 Å². The molecular weight excluding hydrogens is 284 g/mol. The maximum atomic E-state index is 11.3. The first-order chi connectivity index (χ1) is 10.6. The number of benzene rings is 2. The van der Waals surface area contributed by atoms with Crippen molar-refractivity contribution in [2.45, 2.75) is 0 Å². The van der Waals surface area contributed by atoms with E-state index in [1.165, 1.54) is 18.2 Å². The number of pyridine rings is 1. The Morgan fingerprint density at radius 3 is 2.41 bits per heavy atom. The second-order valence-corrected chi connectivity index (χ2v) is 4.68. The van der Waals surface area contributed by atoms with Gasteiger partial charge in [0, 0.05) is 23.1 Å². The van der Waals surface area contributed by atoms with Crippen LogP contribution >= 0.6 is 0 Å². The monoisotopic (exact) mass is 294 g/mol. The van der Waals surface area contributed by atoms with Crippen molar-refractivity contribution >= 4 is 22.6 Å². The highest BCUT2D eigenvalue weighted by atomic mass is 16.6. The quantitative estimate of drug-likeness (QED) is 0.589. The van der Waals surface area contributed by atoms with Crippen LogP contribution in [0.3, 0.4) is 0 Å². The summed E-state index contributed by atoms with van der Waals surface area (Å²) in [6, 6.07) is 14.5. The molecule has 6 heteroatoms. The van der Waals surface area contributed by atoms with Gasteiger partial charge in [-0.1, -0.05) is 18.2 Å². The van der Waals surface area contributed by atoms with Gasteiger partial charge in [-0.05, 0) is 24.3 Å². The molecule has 0 saturated carbocycles. The van der Waals surface area contributed by atoms with Crippen LogP contribution in [0.4, 0.5) is 5.69 Å². The summed E-state index contributed by atoms with van der Waals surface area (Å²) in [6.45, 7) is 0. The molecule has 1 aromatic heterocycles. The molecule has 0 saturated heterocycles. The number of nitro groups is 1. The predicted octanol–water partition coefficient (Wildman–Crippen LogP) is 3.51. The Balaban J connectivity index is 2.13. The number of carboxylic acids is 1. The number of aromatic carboxylic acids is 1. The van der Waals surface area contributed by atoms with E-state index in [4.69, 9.17) is 0 Å². The van der Waals surface area contributed by atoms with Gasteiger partial charge in [-0.3, -0.25) is 10.1 Å². The second-order valence-electron chi connectivity index (χ2n) is 4.68. The van der Waals surface area contributed by atoms with Crippen LogP contribution < -0.4 is 0 Å². The summed E-state index contributed by atoms with van der Waals surface area (Å²) in [5.41, 5.74) is 1.77. The Hall–Kier alpha value is -3.28. The average molecular weight is 294 g/mol. The molecule has 22 heavy (non-hydrogen) atoms. The second kappa shape index (κ2) is 5.25. The summed E-state index contributed by atoms with van der Waals surface area (Å²) in [5, 5.41) is 20.6. The number of non-ortho nitro benzene ring substituents is 1. The number of hydrogen-bond donors (Lipinski definition) is 1. The van der Waals surface area contributed by atoms with Crippen LogP contribution in [0.5, 0.6) is 0 Å². The number of aromatic nitrogens is 1. The van der Waals surface area contributed by atoms with Crippen molar-refractivity contribution in [3.8, 4) is 11.3 Å². The third kappa shape index (κ3) is 2.37. The smallest absolute Gasteiger partial charge is 0.337 e. The molecule has 3 rings (SSSR count). The van der Waals surface area contributed by atoms with E-state index in [0.29, 0.717) is 16.8 Å². The SMILES string of the molecule is O=C(O)c1cccc2ccc(-c3ccc([N+](=O)[O-])cc3)nc12. The van der Waals surface area contributed by atoms with Crippen molar-refractivity contribution in [2.75, 3.05) is 0 Å². The molecule has 0 fully saturated rings. The highest BCUT2D eigenvalue weighted by molar-refractivity contribution is 6.02. The molecule has 3 aromatic rings. The van der Waals surface area contributed by atoms with Crippen molar-refractivity contribution < 1.29 is 14.8 Å². The highest BCUT2D eigenvalue weighted by Gasteiger charge is 2.11. The summed E-state index contributed by atoms with van der Waals surface area (Å²) in [7, 11) is 0. The lowest BCUT2D eigenvalue weighted by molar-refractivity contribution is -0.384. The molecule has 0 bridgehead atoms. The van der Waals surface area contributed by atoms with Gasteiger partial charge in [0.15, 0.2) is 0 Å². The zero-order valence-electron chi connectivity index (χ0n) is 11.3. The molecular formula is C16H10N2O4. The minimum Gasteiger partial charge on any atom is -0.478 e. The molecule has 0 atom stereocenters. The number of para-hydroxylation sites is 1. The number of carbonyl (C=O) groups is 1. The Morgan fingerprint density at radius 1 is 1.05 bits per heavy atom. The fourth-order valence-electron chi connectivity index (χ4n) is 2.23. The largest absolute Gasteiger partial charge is 0.478 e. The van der Waals surface area contributed by atoms with Crippen LogP contribution in [0.25, 0.3) is 22.2 Å². The molecule has 0 aliphatic rings. The van der Waals surface area contributed by atoms with E-state index in [9.17, 15) is 20.0 Å². The van der Waals surface area contributed by atoms with Gasteiger partial charge in [0.25, 0.3) is 5.69 Å². The first-order valence-corrected chi connectivity index (χ1v) is 6.44. The van der Waals surface area contributed by atoms with Gasteiger partial charge in [-0.25, -0.2) is 9.78 Å². The molecule has 0 aliphatic heterocycles. The van der Waals surface area contributed by atoms with Crippen LogP contribution in [-0.4, -0.2) is 21.0 Å². The van der Waals surface area contributed by atoms with Gasteiger partial charge in [0.05, 0.1) is 21.7 Å². The summed E-state index contributed by atoms with van der Waals surface area (Å²) >= 11 is 0. The van der Waals surface area contributed by atoms with Gasteiger partial charge in [-0.2, -0.15) is 0 Å². The zero-order valence-corrected chi connectivity index (χ0v) is 11.3. The van der Waals surface area contributed by atoms with Crippen LogP contribution in [0, 0.1) is 10.1 Å². The molecule has 6 nitrogen and oxygen atoms in total. The van der Waals surface area contributed by atoms with Crippen molar-refractivity contribution in [1.82, 2.24) is 4.98 Å². The number of nitrogens with zero attached hydrogens (tertiary/aromatic N) is 2. The third-order valence-corrected chi connectivity index (χ3v) is 3.32.